The van der Waals surface area contributed by atoms with Crippen LogP contribution < -0.4 is 25.0 Å². The summed E-state index contributed by atoms with van der Waals surface area (Å²) >= 11 is 0. The number of hydrogen-bond donors (Lipinski definition) is 1. The summed E-state index contributed by atoms with van der Waals surface area (Å²) in [7, 11) is 5.32. The lowest BCUT2D eigenvalue weighted by atomic mass is 10.1. The van der Waals surface area contributed by atoms with Gasteiger partial charge in [0.05, 0.1) is 37.9 Å². The number of methoxy groups -OCH3 is 2. The van der Waals surface area contributed by atoms with Crippen LogP contribution >= 0.6 is 0 Å². The number of aryl methyl sites for hydroxylation is 2. The summed E-state index contributed by atoms with van der Waals surface area (Å²) < 4.78 is 12.7. The second kappa shape index (κ2) is 12.2. The fourth-order valence-electron chi connectivity index (χ4n) is 5.03. The molecule has 0 spiro atoms. The average molecular weight is 552 g/mol. The van der Waals surface area contributed by atoms with Gasteiger partial charge in [-0.1, -0.05) is 31.2 Å². The van der Waals surface area contributed by atoms with Gasteiger partial charge in [-0.25, -0.2) is 15.0 Å². The summed E-state index contributed by atoms with van der Waals surface area (Å²) in [4.78, 5) is 18.5. The van der Waals surface area contributed by atoms with E-state index in [2.05, 4.69) is 59.0 Å². The normalized spacial score (nSPS) is 11.0. The number of aromatic nitrogens is 4. The van der Waals surface area contributed by atoms with Crippen molar-refractivity contribution < 1.29 is 9.47 Å². The van der Waals surface area contributed by atoms with Crippen molar-refractivity contribution in [2.24, 2.45) is 7.05 Å². The van der Waals surface area contributed by atoms with Crippen LogP contribution in [0.5, 0.6) is 11.5 Å². The molecule has 0 radical (unpaired) electrons. The summed E-state index contributed by atoms with van der Waals surface area (Å²) in [5.41, 5.74) is 12.5. The van der Waals surface area contributed by atoms with Crippen molar-refractivity contribution in [2.75, 3.05) is 36.3 Å². The topological polar surface area (TPSA) is 94.6 Å². The number of nitrogens with zero attached hydrogens (tertiary/aromatic N) is 6. The highest BCUT2D eigenvalue weighted by atomic mass is 16.5. The van der Waals surface area contributed by atoms with Crippen molar-refractivity contribution in [3.63, 3.8) is 0 Å². The van der Waals surface area contributed by atoms with Gasteiger partial charge in [-0.05, 0) is 60.4 Å². The first-order valence-corrected chi connectivity index (χ1v) is 13.8. The Balaban J connectivity index is 1.51. The molecule has 0 saturated carbocycles. The van der Waals surface area contributed by atoms with Gasteiger partial charge in [0.2, 0.25) is 0 Å². The van der Waals surface area contributed by atoms with Gasteiger partial charge in [0.15, 0.2) is 5.82 Å². The Hall–Kier alpha value is -4.79. The van der Waals surface area contributed by atoms with Crippen LogP contribution in [0.4, 0.5) is 23.1 Å². The van der Waals surface area contributed by atoms with E-state index in [4.69, 9.17) is 25.2 Å². The molecule has 0 fully saturated rings. The van der Waals surface area contributed by atoms with Crippen LogP contribution in [0, 0.1) is 0 Å². The number of nitrogens with two attached hydrogens (primary N) is 1. The van der Waals surface area contributed by atoms with E-state index in [1.54, 1.807) is 20.5 Å². The summed E-state index contributed by atoms with van der Waals surface area (Å²) in [6, 6.07) is 20.6. The highest BCUT2D eigenvalue weighted by Gasteiger charge is 2.19. The molecule has 9 heteroatoms. The Morgan fingerprint density at radius 3 is 1.98 bits per heavy atom. The van der Waals surface area contributed by atoms with E-state index in [1.807, 2.05) is 48.1 Å². The summed E-state index contributed by atoms with van der Waals surface area (Å²) in [6.07, 6.45) is 4.55. The number of nitrogen functional groups attached to an aromatic ring is 1. The number of imidazole rings is 1. The highest BCUT2D eigenvalue weighted by Crippen LogP contribution is 2.33. The second-order valence-corrected chi connectivity index (χ2v) is 9.91. The maximum Gasteiger partial charge on any atom is 0.154 e. The molecule has 9 nitrogen and oxygen atoms in total. The molecule has 3 heterocycles. The third-order valence-electron chi connectivity index (χ3n) is 7.33. The summed E-state index contributed by atoms with van der Waals surface area (Å²) in [5, 5.41) is 0. The minimum atomic E-state index is 0.421. The van der Waals surface area contributed by atoms with Gasteiger partial charge < -0.3 is 29.6 Å². The number of pyridine rings is 2. The van der Waals surface area contributed by atoms with E-state index in [1.165, 1.54) is 16.7 Å². The molecule has 5 aromatic rings. The Morgan fingerprint density at radius 1 is 0.829 bits per heavy atom. The lowest BCUT2D eigenvalue weighted by Gasteiger charge is -2.28. The Morgan fingerprint density at radius 2 is 1.44 bits per heavy atom. The van der Waals surface area contributed by atoms with Crippen LogP contribution in [0.3, 0.4) is 0 Å². The minimum absolute atomic E-state index is 0.421. The zero-order chi connectivity index (χ0) is 28.9. The molecule has 0 amide bonds. The van der Waals surface area contributed by atoms with E-state index in [0.717, 1.165) is 40.8 Å². The van der Waals surface area contributed by atoms with E-state index in [-0.39, 0.29) is 0 Å². The van der Waals surface area contributed by atoms with Gasteiger partial charge in [0, 0.05) is 32.7 Å². The predicted octanol–water partition coefficient (Wildman–Crippen LogP) is 5.89. The SMILES string of the molecule is CCc1cc(N(Cc2ccc(OC)cc2)Cc2ccc(OC)cc2)ncc1N(CC)c1cc2c(ncn2C)c(N)n1. The van der Waals surface area contributed by atoms with Crippen molar-refractivity contribution in [3.8, 4) is 11.5 Å². The maximum absolute atomic E-state index is 6.31. The zero-order valence-corrected chi connectivity index (χ0v) is 24.3. The number of ether oxygens (including phenoxy) is 2. The van der Waals surface area contributed by atoms with Gasteiger partial charge in [0.1, 0.15) is 28.7 Å². The van der Waals surface area contributed by atoms with E-state index in [0.29, 0.717) is 31.0 Å². The smallest absolute Gasteiger partial charge is 0.154 e. The average Bonchev–Trinajstić information content (AvgIpc) is 3.39. The number of hydrogen-bond acceptors (Lipinski definition) is 8. The van der Waals surface area contributed by atoms with Gasteiger partial charge in [-0.2, -0.15) is 0 Å². The number of rotatable bonds is 11. The second-order valence-electron chi connectivity index (χ2n) is 9.91. The van der Waals surface area contributed by atoms with Crippen LogP contribution in [-0.4, -0.2) is 40.3 Å². The van der Waals surface area contributed by atoms with Crippen LogP contribution in [0.15, 0.2) is 73.2 Å². The summed E-state index contributed by atoms with van der Waals surface area (Å²) in [5.74, 6) is 3.78. The standard InChI is InChI=1S/C32H37N7O2/c1-6-24-16-29(34-18-28(24)39(7-2)30-17-27-31(32(33)36-30)35-21-37(27)3)38(19-22-8-12-25(40-4)13-9-22)20-23-10-14-26(41-5)15-11-23/h8-18,21H,6-7,19-20H2,1-5H3,(H2,33,36). The van der Waals surface area contributed by atoms with Crippen molar-refractivity contribution in [3.05, 3.63) is 89.9 Å². The van der Waals surface area contributed by atoms with Crippen molar-refractivity contribution in [2.45, 2.75) is 33.4 Å². The third-order valence-corrected chi connectivity index (χ3v) is 7.33. The van der Waals surface area contributed by atoms with Crippen LogP contribution in [0.25, 0.3) is 11.0 Å². The maximum atomic E-state index is 6.31. The molecular formula is C32H37N7O2. The molecular weight excluding hydrogens is 514 g/mol. The van der Waals surface area contributed by atoms with Crippen molar-refractivity contribution in [1.29, 1.82) is 0 Å². The fourth-order valence-corrected chi connectivity index (χ4v) is 5.03. The predicted molar refractivity (Wildman–Crippen MR) is 165 cm³/mol. The first kappa shape index (κ1) is 27.8. The quantitative estimate of drug-likeness (QED) is 0.217. The molecule has 0 aliphatic rings. The molecule has 3 aromatic heterocycles. The van der Waals surface area contributed by atoms with Crippen LogP contribution in [-0.2, 0) is 26.6 Å². The number of fused-ring (bicyclic) bond motifs is 1. The minimum Gasteiger partial charge on any atom is -0.497 e. The molecule has 0 aliphatic heterocycles. The van der Waals surface area contributed by atoms with Gasteiger partial charge in [0.25, 0.3) is 0 Å². The number of anilines is 4. The van der Waals surface area contributed by atoms with Crippen LogP contribution in [0.2, 0.25) is 0 Å². The molecule has 2 aromatic carbocycles. The molecule has 41 heavy (non-hydrogen) atoms. The van der Waals surface area contributed by atoms with E-state index >= 15 is 0 Å². The summed E-state index contributed by atoms with van der Waals surface area (Å²) in [6.45, 7) is 6.37. The van der Waals surface area contributed by atoms with E-state index in [9.17, 15) is 0 Å². The molecule has 0 aliphatic carbocycles. The Labute approximate surface area is 241 Å². The molecule has 5 rings (SSSR count). The molecule has 2 N–H and O–H groups in total. The largest absolute Gasteiger partial charge is 0.497 e. The molecule has 0 atom stereocenters. The fraction of sp³-hybridized carbons (Fsp3) is 0.281. The Kier molecular flexibility index (Phi) is 8.24. The van der Waals surface area contributed by atoms with Gasteiger partial charge >= 0.3 is 0 Å². The van der Waals surface area contributed by atoms with Gasteiger partial charge in [-0.3, -0.25) is 0 Å². The first-order chi connectivity index (χ1) is 19.9. The van der Waals surface area contributed by atoms with Crippen molar-refractivity contribution >= 4 is 34.2 Å². The molecule has 0 bridgehead atoms. The van der Waals surface area contributed by atoms with Crippen molar-refractivity contribution in [1.82, 2.24) is 19.5 Å². The Bertz CT molecular complexity index is 1570. The lowest BCUT2D eigenvalue weighted by molar-refractivity contribution is 0.414. The zero-order valence-electron chi connectivity index (χ0n) is 24.3. The molecule has 212 valence electrons. The highest BCUT2D eigenvalue weighted by molar-refractivity contribution is 5.88. The third kappa shape index (κ3) is 5.89. The molecule has 0 unspecified atom stereocenters. The monoisotopic (exact) mass is 551 g/mol. The first-order valence-electron chi connectivity index (χ1n) is 13.8. The van der Waals surface area contributed by atoms with E-state index < -0.39 is 0 Å². The molecule has 0 saturated heterocycles. The number of benzene rings is 2. The van der Waals surface area contributed by atoms with Gasteiger partial charge in [-0.15, -0.1) is 0 Å². The lowest BCUT2D eigenvalue weighted by Crippen LogP contribution is -2.24. The van der Waals surface area contributed by atoms with Crippen LogP contribution in [0.1, 0.15) is 30.5 Å².